The third kappa shape index (κ3) is 4.05. The topological polar surface area (TPSA) is 46.5 Å². The van der Waals surface area contributed by atoms with Crippen molar-refractivity contribution < 1.29 is 14.6 Å². The maximum atomic E-state index is 10.9. The second-order valence-corrected chi connectivity index (χ2v) is 5.03. The van der Waals surface area contributed by atoms with Crippen molar-refractivity contribution in [1.82, 2.24) is 0 Å². The van der Waals surface area contributed by atoms with Crippen LogP contribution in [0, 0.1) is 0 Å². The van der Waals surface area contributed by atoms with E-state index in [1.54, 1.807) is 13.8 Å². The highest BCUT2D eigenvalue weighted by Gasteiger charge is 2.24. The van der Waals surface area contributed by atoms with Crippen molar-refractivity contribution in [3.8, 4) is 0 Å². The SMILES string of the molecule is CC(C)(I)C(=O)OCCO. The molecule has 0 amide bonds. The number of aliphatic hydroxyl groups is 1. The maximum absolute atomic E-state index is 10.9. The van der Waals surface area contributed by atoms with Crippen LogP contribution in [0.4, 0.5) is 0 Å². The first-order valence-corrected chi connectivity index (χ1v) is 4.03. The number of aliphatic hydroxyl groups excluding tert-OH is 1. The molecule has 0 aliphatic heterocycles. The molecule has 0 aromatic carbocycles. The number of ether oxygens (including phenoxy) is 1. The van der Waals surface area contributed by atoms with Gasteiger partial charge in [-0.15, -0.1) is 0 Å². The smallest absolute Gasteiger partial charge is 0.321 e. The lowest BCUT2D eigenvalue weighted by Gasteiger charge is -2.13. The van der Waals surface area contributed by atoms with E-state index in [4.69, 9.17) is 5.11 Å². The van der Waals surface area contributed by atoms with E-state index in [9.17, 15) is 4.79 Å². The summed E-state index contributed by atoms with van der Waals surface area (Å²) < 4.78 is 4.17. The van der Waals surface area contributed by atoms with Gasteiger partial charge in [-0.3, -0.25) is 4.79 Å². The van der Waals surface area contributed by atoms with Crippen LogP contribution in [0.25, 0.3) is 0 Å². The minimum absolute atomic E-state index is 0.0886. The van der Waals surface area contributed by atoms with Gasteiger partial charge < -0.3 is 9.84 Å². The standard InChI is InChI=1S/C6H11IO3/c1-6(2,7)5(9)10-4-3-8/h8H,3-4H2,1-2H3. The molecule has 0 spiro atoms. The van der Waals surface area contributed by atoms with Crippen LogP contribution >= 0.6 is 22.6 Å². The molecule has 0 heterocycles. The zero-order valence-corrected chi connectivity index (χ0v) is 8.21. The van der Waals surface area contributed by atoms with Crippen LogP contribution in [0.5, 0.6) is 0 Å². The molecule has 0 aromatic heterocycles. The molecular weight excluding hydrogens is 247 g/mol. The Morgan fingerprint density at radius 1 is 1.70 bits per heavy atom. The summed E-state index contributed by atoms with van der Waals surface area (Å²) >= 11 is 1.99. The van der Waals surface area contributed by atoms with E-state index in [0.29, 0.717) is 0 Å². The van der Waals surface area contributed by atoms with E-state index in [1.807, 2.05) is 22.6 Å². The first kappa shape index (κ1) is 10.2. The second kappa shape index (κ2) is 4.12. The number of carbonyl (C=O) groups is 1. The van der Waals surface area contributed by atoms with Gasteiger partial charge in [-0.05, 0) is 13.8 Å². The minimum Gasteiger partial charge on any atom is -0.462 e. The Morgan fingerprint density at radius 2 is 2.20 bits per heavy atom. The maximum Gasteiger partial charge on any atom is 0.321 e. The molecule has 0 unspecified atom stereocenters. The summed E-state index contributed by atoms with van der Waals surface area (Å²) in [6.45, 7) is 3.49. The van der Waals surface area contributed by atoms with Gasteiger partial charge in [0.2, 0.25) is 0 Å². The highest BCUT2D eigenvalue weighted by atomic mass is 127. The molecule has 0 aliphatic carbocycles. The number of rotatable bonds is 3. The largest absolute Gasteiger partial charge is 0.462 e. The number of esters is 1. The third-order valence-electron chi connectivity index (χ3n) is 0.810. The third-order valence-corrected chi connectivity index (χ3v) is 1.25. The molecule has 3 nitrogen and oxygen atoms in total. The quantitative estimate of drug-likeness (QED) is 0.461. The van der Waals surface area contributed by atoms with Crippen LogP contribution in [0.2, 0.25) is 0 Å². The Kier molecular flexibility index (Phi) is 4.19. The van der Waals surface area contributed by atoms with Crippen LogP contribution in [0.15, 0.2) is 0 Å². The van der Waals surface area contributed by atoms with Gasteiger partial charge in [-0.2, -0.15) is 0 Å². The van der Waals surface area contributed by atoms with Crippen molar-refractivity contribution in [3.63, 3.8) is 0 Å². The van der Waals surface area contributed by atoms with E-state index >= 15 is 0 Å². The number of hydrogen-bond acceptors (Lipinski definition) is 3. The number of hydrogen-bond donors (Lipinski definition) is 1. The van der Waals surface area contributed by atoms with Crippen LogP contribution in [0.3, 0.4) is 0 Å². The molecule has 0 rings (SSSR count). The van der Waals surface area contributed by atoms with E-state index in [2.05, 4.69) is 4.74 Å². The molecule has 0 radical (unpaired) electrons. The van der Waals surface area contributed by atoms with Gasteiger partial charge in [0, 0.05) is 0 Å². The van der Waals surface area contributed by atoms with Gasteiger partial charge in [0.1, 0.15) is 10.0 Å². The molecule has 60 valence electrons. The Bertz CT molecular complexity index is 117. The predicted octanol–water partition coefficient (Wildman–Crippen LogP) is 0.736. The van der Waals surface area contributed by atoms with Crippen molar-refractivity contribution in [2.24, 2.45) is 0 Å². The van der Waals surface area contributed by atoms with Crippen LogP contribution < -0.4 is 0 Å². The van der Waals surface area contributed by atoms with Gasteiger partial charge >= 0.3 is 5.97 Å². The molecule has 0 atom stereocenters. The summed E-state index contributed by atoms with van der Waals surface area (Å²) in [5.74, 6) is -0.290. The highest BCUT2D eigenvalue weighted by molar-refractivity contribution is 14.1. The van der Waals surface area contributed by atoms with Gasteiger partial charge in [0.25, 0.3) is 0 Å². The fraction of sp³-hybridized carbons (Fsp3) is 0.833. The van der Waals surface area contributed by atoms with Crippen molar-refractivity contribution >= 4 is 28.6 Å². The molecule has 0 saturated heterocycles. The van der Waals surface area contributed by atoms with Crippen LogP contribution in [0.1, 0.15) is 13.8 Å². The van der Waals surface area contributed by atoms with Gasteiger partial charge in [0.15, 0.2) is 0 Å². The lowest BCUT2D eigenvalue weighted by molar-refractivity contribution is -0.146. The van der Waals surface area contributed by atoms with Gasteiger partial charge in [0.05, 0.1) is 6.61 Å². The summed E-state index contributed by atoms with van der Waals surface area (Å²) in [5, 5.41) is 8.30. The van der Waals surface area contributed by atoms with E-state index in [-0.39, 0.29) is 19.2 Å². The molecule has 4 heteroatoms. The fourth-order valence-electron chi connectivity index (χ4n) is 0.310. The van der Waals surface area contributed by atoms with Gasteiger partial charge in [-0.1, -0.05) is 22.6 Å². The molecule has 10 heavy (non-hydrogen) atoms. The Morgan fingerprint density at radius 3 is 2.50 bits per heavy atom. The molecule has 0 bridgehead atoms. The molecule has 0 saturated carbocycles. The molecule has 1 N–H and O–H groups in total. The first-order valence-electron chi connectivity index (χ1n) is 2.95. The van der Waals surface area contributed by atoms with Crippen LogP contribution in [-0.2, 0) is 9.53 Å². The summed E-state index contributed by atoms with van der Waals surface area (Å²) in [6.07, 6.45) is 0. The van der Waals surface area contributed by atoms with Crippen molar-refractivity contribution in [2.75, 3.05) is 13.2 Å². The summed E-state index contributed by atoms with van der Waals surface area (Å²) in [7, 11) is 0. The average Bonchev–Trinajstić information content (AvgIpc) is 1.80. The molecule has 0 aliphatic rings. The Hall–Kier alpha value is 0.160. The first-order chi connectivity index (χ1) is 4.48. The van der Waals surface area contributed by atoms with E-state index < -0.39 is 3.42 Å². The summed E-state index contributed by atoms with van der Waals surface area (Å²) in [5.41, 5.74) is 0. The Balaban J connectivity index is 3.64. The normalized spacial score (nSPS) is 11.2. The fourth-order valence-corrected chi connectivity index (χ4v) is 0.466. The predicted molar refractivity (Wildman–Crippen MR) is 46.1 cm³/mol. The minimum atomic E-state index is -0.493. The molecular formula is C6H11IO3. The van der Waals surface area contributed by atoms with Crippen molar-refractivity contribution in [3.05, 3.63) is 0 Å². The van der Waals surface area contributed by atoms with E-state index in [1.165, 1.54) is 0 Å². The Labute approximate surface area is 73.9 Å². The lowest BCUT2D eigenvalue weighted by Crippen LogP contribution is -2.27. The van der Waals surface area contributed by atoms with Crippen molar-refractivity contribution in [2.45, 2.75) is 17.3 Å². The second-order valence-electron chi connectivity index (χ2n) is 2.33. The number of halogens is 1. The lowest BCUT2D eigenvalue weighted by atomic mass is 10.2. The highest BCUT2D eigenvalue weighted by Crippen LogP contribution is 2.17. The van der Waals surface area contributed by atoms with Crippen molar-refractivity contribution in [1.29, 1.82) is 0 Å². The van der Waals surface area contributed by atoms with E-state index in [0.717, 1.165) is 0 Å². The molecule has 0 fully saturated rings. The zero-order valence-electron chi connectivity index (χ0n) is 6.06. The summed E-state index contributed by atoms with van der Waals surface area (Å²) in [4.78, 5) is 10.9. The number of carbonyl (C=O) groups excluding carboxylic acids is 1. The van der Waals surface area contributed by atoms with Gasteiger partial charge in [-0.25, -0.2) is 0 Å². The molecule has 0 aromatic rings. The number of alkyl halides is 1. The zero-order chi connectivity index (χ0) is 8.20. The van der Waals surface area contributed by atoms with Crippen LogP contribution in [-0.4, -0.2) is 27.7 Å². The average molecular weight is 258 g/mol. The monoisotopic (exact) mass is 258 g/mol. The summed E-state index contributed by atoms with van der Waals surface area (Å²) in [6, 6.07) is 0.